The maximum absolute atomic E-state index is 2.31. The smallest absolute Gasteiger partial charge is 0.00501 e. The molecule has 10 heavy (non-hydrogen) atoms. The SMILES string of the molecule is CCCC1CCC(CC)S1. The van der Waals surface area contributed by atoms with Crippen molar-refractivity contribution in [1.29, 1.82) is 0 Å². The molecule has 0 amide bonds. The fourth-order valence-corrected chi connectivity index (χ4v) is 3.27. The van der Waals surface area contributed by atoms with Gasteiger partial charge in [-0.05, 0) is 25.7 Å². The Balaban J connectivity index is 2.15. The summed E-state index contributed by atoms with van der Waals surface area (Å²) in [5.74, 6) is 0. The number of hydrogen-bond acceptors (Lipinski definition) is 1. The van der Waals surface area contributed by atoms with E-state index in [4.69, 9.17) is 0 Å². The first-order valence-electron chi connectivity index (χ1n) is 4.52. The second kappa shape index (κ2) is 4.27. The van der Waals surface area contributed by atoms with E-state index in [2.05, 4.69) is 25.6 Å². The van der Waals surface area contributed by atoms with Crippen molar-refractivity contribution in [3.8, 4) is 0 Å². The lowest BCUT2D eigenvalue weighted by atomic mass is 10.1. The Bertz CT molecular complexity index is 90.7. The fraction of sp³-hybridized carbons (Fsp3) is 1.00. The highest BCUT2D eigenvalue weighted by Gasteiger charge is 2.22. The second-order valence-corrected chi connectivity index (χ2v) is 4.76. The third-order valence-corrected chi connectivity index (χ3v) is 4.07. The summed E-state index contributed by atoms with van der Waals surface area (Å²) in [6.45, 7) is 4.60. The summed E-state index contributed by atoms with van der Waals surface area (Å²) in [7, 11) is 0. The maximum Gasteiger partial charge on any atom is 0.00501 e. The molecule has 0 aliphatic carbocycles. The Hall–Kier alpha value is 0.350. The van der Waals surface area contributed by atoms with E-state index in [9.17, 15) is 0 Å². The molecule has 1 rings (SSSR count). The van der Waals surface area contributed by atoms with Crippen LogP contribution in [0.2, 0.25) is 0 Å². The van der Waals surface area contributed by atoms with Crippen LogP contribution in [0.3, 0.4) is 0 Å². The molecule has 1 aliphatic rings. The summed E-state index contributed by atoms with van der Waals surface area (Å²) in [6, 6.07) is 0. The van der Waals surface area contributed by atoms with E-state index in [0.29, 0.717) is 0 Å². The number of thioether (sulfide) groups is 1. The predicted octanol–water partition coefficient (Wildman–Crippen LogP) is 3.46. The van der Waals surface area contributed by atoms with Gasteiger partial charge in [0.25, 0.3) is 0 Å². The van der Waals surface area contributed by atoms with Gasteiger partial charge in [-0.15, -0.1) is 0 Å². The first-order chi connectivity index (χ1) is 4.86. The molecule has 0 N–H and O–H groups in total. The molecule has 0 aromatic rings. The van der Waals surface area contributed by atoms with Crippen LogP contribution < -0.4 is 0 Å². The zero-order chi connectivity index (χ0) is 7.40. The van der Waals surface area contributed by atoms with Gasteiger partial charge in [0, 0.05) is 10.5 Å². The van der Waals surface area contributed by atoms with Crippen LogP contribution in [0, 0.1) is 0 Å². The summed E-state index contributed by atoms with van der Waals surface area (Å²) in [5, 5.41) is 2.01. The van der Waals surface area contributed by atoms with Gasteiger partial charge in [-0.1, -0.05) is 20.3 Å². The minimum atomic E-state index is 0.997. The normalized spacial score (nSPS) is 33.0. The van der Waals surface area contributed by atoms with Gasteiger partial charge in [0.2, 0.25) is 0 Å². The molecule has 0 aromatic carbocycles. The second-order valence-electron chi connectivity index (χ2n) is 3.15. The molecule has 2 atom stereocenters. The average molecular weight is 158 g/mol. The Morgan fingerprint density at radius 3 is 2.40 bits per heavy atom. The van der Waals surface area contributed by atoms with Gasteiger partial charge in [-0.3, -0.25) is 0 Å². The number of rotatable bonds is 3. The first kappa shape index (κ1) is 8.45. The molecule has 0 spiro atoms. The summed E-state index contributed by atoms with van der Waals surface area (Å²) >= 11 is 2.24. The van der Waals surface area contributed by atoms with Crippen LogP contribution in [0.5, 0.6) is 0 Å². The van der Waals surface area contributed by atoms with E-state index in [1.807, 2.05) is 0 Å². The lowest BCUT2D eigenvalue weighted by Crippen LogP contribution is -1.95. The lowest BCUT2D eigenvalue weighted by Gasteiger charge is -2.07. The highest BCUT2D eigenvalue weighted by Crippen LogP contribution is 2.37. The molecule has 1 aliphatic heterocycles. The third-order valence-electron chi connectivity index (χ3n) is 2.26. The van der Waals surface area contributed by atoms with Crippen LogP contribution >= 0.6 is 11.8 Å². The van der Waals surface area contributed by atoms with E-state index in [1.165, 1.54) is 32.1 Å². The molecule has 1 heteroatoms. The standard InChI is InChI=1S/C9H18S/c1-3-5-9-7-6-8(4-2)10-9/h8-9H,3-7H2,1-2H3. The molecule has 1 fully saturated rings. The largest absolute Gasteiger partial charge is 0.155 e. The summed E-state index contributed by atoms with van der Waals surface area (Å²) in [6.07, 6.45) is 7.16. The molecule has 0 saturated carbocycles. The first-order valence-corrected chi connectivity index (χ1v) is 5.46. The van der Waals surface area contributed by atoms with Crippen LogP contribution in [0.15, 0.2) is 0 Å². The van der Waals surface area contributed by atoms with Gasteiger partial charge < -0.3 is 0 Å². The molecule has 60 valence electrons. The molecule has 0 aromatic heterocycles. The van der Waals surface area contributed by atoms with Crippen molar-refractivity contribution in [1.82, 2.24) is 0 Å². The van der Waals surface area contributed by atoms with E-state index in [0.717, 1.165) is 10.5 Å². The summed E-state index contributed by atoms with van der Waals surface area (Å²) in [5.41, 5.74) is 0. The molecular weight excluding hydrogens is 140 g/mol. The van der Waals surface area contributed by atoms with Crippen LogP contribution in [-0.4, -0.2) is 10.5 Å². The monoisotopic (exact) mass is 158 g/mol. The van der Waals surface area contributed by atoms with Crippen LogP contribution in [-0.2, 0) is 0 Å². The zero-order valence-corrected chi connectivity index (χ0v) is 7.91. The molecule has 2 unspecified atom stereocenters. The van der Waals surface area contributed by atoms with Gasteiger partial charge in [0.15, 0.2) is 0 Å². The molecule has 0 bridgehead atoms. The molecule has 1 saturated heterocycles. The Labute approximate surface area is 68.8 Å². The van der Waals surface area contributed by atoms with Gasteiger partial charge in [-0.25, -0.2) is 0 Å². The van der Waals surface area contributed by atoms with Crippen LogP contribution in [0.1, 0.15) is 46.0 Å². The minimum Gasteiger partial charge on any atom is -0.155 e. The maximum atomic E-state index is 2.31. The van der Waals surface area contributed by atoms with Gasteiger partial charge in [0.05, 0.1) is 0 Å². The molecule has 0 nitrogen and oxygen atoms in total. The van der Waals surface area contributed by atoms with E-state index >= 15 is 0 Å². The van der Waals surface area contributed by atoms with E-state index in [1.54, 1.807) is 0 Å². The fourth-order valence-electron chi connectivity index (χ4n) is 1.61. The zero-order valence-electron chi connectivity index (χ0n) is 7.10. The van der Waals surface area contributed by atoms with E-state index in [-0.39, 0.29) is 0 Å². The average Bonchev–Trinajstić information content (AvgIpc) is 2.37. The van der Waals surface area contributed by atoms with Crippen molar-refractivity contribution < 1.29 is 0 Å². The van der Waals surface area contributed by atoms with Crippen molar-refractivity contribution in [3.63, 3.8) is 0 Å². The highest BCUT2D eigenvalue weighted by molar-refractivity contribution is 8.00. The minimum absolute atomic E-state index is 0.997. The van der Waals surface area contributed by atoms with Crippen molar-refractivity contribution in [2.75, 3.05) is 0 Å². The van der Waals surface area contributed by atoms with Crippen molar-refractivity contribution in [3.05, 3.63) is 0 Å². The van der Waals surface area contributed by atoms with E-state index < -0.39 is 0 Å². The lowest BCUT2D eigenvalue weighted by molar-refractivity contribution is 0.667. The Morgan fingerprint density at radius 1 is 1.20 bits per heavy atom. The molecular formula is C9H18S. The van der Waals surface area contributed by atoms with Gasteiger partial charge in [-0.2, -0.15) is 11.8 Å². The van der Waals surface area contributed by atoms with Crippen LogP contribution in [0.25, 0.3) is 0 Å². The quantitative estimate of drug-likeness (QED) is 0.606. The molecule has 1 heterocycles. The summed E-state index contributed by atoms with van der Waals surface area (Å²) in [4.78, 5) is 0. The summed E-state index contributed by atoms with van der Waals surface area (Å²) < 4.78 is 0. The Morgan fingerprint density at radius 2 is 1.90 bits per heavy atom. The van der Waals surface area contributed by atoms with Crippen molar-refractivity contribution >= 4 is 11.8 Å². The van der Waals surface area contributed by atoms with Gasteiger partial charge >= 0.3 is 0 Å². The van der Waals surface area contributed by atoms with Gasteiger partial charge in [0.1, 0.15) is 0 Å². The number of hydrogen-bond donors (Lipinski definition) is 0. The predicted molar refractivity (Wildman–Crippen MR) is 49.6 cm³/mol. The Kier molecular flexibility index (Phi) is 3.61. The molecule has 0 radical (unpaired) electrons. The van der Waals surface area contributed by atoms with Crippen molar-refractivity contribution in [2.45, 2.75) is 56.5 Å². The topological polar surface area (TPSA) is 0 Å². The highest BCUT2D eigenvalue weighted by atomic mass is 32.2. The third kappa shape index (κ3) is 2.19. The van der Waals surface area contributed by atoms with Crippen molar-refractivity contribution in [2.24, 2.45) is 0 Å². The van der Waals surface area contributed by atoms with Crippen LogP contribution in [0.4, 0.5) is 0 Å².